The van der Waals surface area contributed by atoms with Gasteiger partial charge in [0.05, 0.1) is 12.8 Å². The van der Waals surface area contributed by atoms with E-state index in [-0.39, 0.29) is 5.91 Å². The summed E-state index contributed by atoms with van der Waals surface area (Å²) in [4.78, 5) is 22.1. The van der Waals surface area contributed by atoms with E-state index in [1.165, 1.54) is 22.2 Å². The van der Waals surface area contributed by atoms with Crippen molar-refractivity contribution in [2.75, 3.05) is 38.2 Å². The number of aromatic nitrogens is 2. The van der Waals surface area contributed by atoms with Crippen molar-refractivity contribution in [2.24, 2.45) is 0 Å². The first-order chi connectivity index (χ1) is 15.7. The summed E-state index contributed by atoms with van der Waals surface area (Å²) in [6, 6.07) is 18.6. The Morgan fingerprint density at radius 2 is 1.81 bits per heavy atom. The third-order valence-corrected chi connectivity index (χ3v) is 6.94. The van der Waals surface area contributed by atoms with Crippen molar-refractivity contribution in [2.45, 2.75) is 13.5 Å². The lowest BCUT2D eigenvalue weighted by atomic mass is 10.2. The molecule has 3 heterocycles. The van der Waals surface area contributed by atoms with Gasteiger partial charge in [-0.25, -0.2) is 4.98 Å². The van der Waals surface area contributed by atoms with Gasteiger partial charge in [-0.2, -0.15) is 0 Å². The number of hydrogen-bond acceptors (Lipinski definition) is 5. The number of carbonyl (C=O) groups excluding carboxylic acids is 1. The summed E-state index contributed by atoms with van der Waals surface area (Å²) in [6.45, 7) is 5.98. The summed E-state index contributed by atoms with van der Waals surface area (Å²) in [5.74, 6) is 0.866. The van der Waals surface area contributed by atoms with E-state index >= 15 is 0 Å². The molecule has 6 nitrogen and oxygen atoms in total. The SMILES string of the molecule is CCn1c(-c2nc(C(=O)N3CCN(c4ccc(OC)cc4)CC3)cs2)cc2ccccc21. The average Bonchev–Trinajstić information content (AvgIpc) is 3.48. The van der Waals surface area contributed by atoms with E-state index in [1.807, 2.05) is 22.4 Å². The number of aryl methyl sites for hydroxylation is 1. The molecule has 1 saturated heterocycles. The van der Waals surface area contributed by atoms with E-state index in [0.29, 0.717) is 18.8 Å². The van der Waals surface area contributed by atoms with E-state index in [9.17, 15) is 4.79 Å². The van der Waals surface area contributed by atoms with Crippen LogP contribution in [-0.2, 0) is 6.54 Å². The minimum atomic E-state index is 0.0149. The first kappa shape index (κ1) is 20.6. The van der Waals surface area contributed by atoms with E-state index in [0.717, 1.165) is 41.8 Å². The smallest absolute Gasteiger partial charge is 0.273 e. The number of fused-ring (bicyclic) bond motifs is 1. The molecule has 5 rings (SSSR count). The molecule has 1 aliphatic rings. The third kappa shape index (κ3) is 3.73. The molecule has 7 heteroatoms. The van der Waals surface area contributed by atoms with Crippen LogP contribution in [0.2, 0.25) is 0 Å². The number of para-hydroxylation sites is 1. The molecule has 2 aromatic heterocycles. The lowest BCUT2D eigenvalue weighted by Gasteiger charge is -2.35. The minimum absolute atomic E-state index is 0.0149. The quantitative estimate of drug-likeness (QED) is 0.444. The number of hydrogen-bond donors (Lipinski definition) is 0. The summed E-state index contributed by atoms with van der Waals surface area (Å²) in [5.41, 5.74) is 3.96. The Bertz CT molecular complexity index is 1240. The predicted octanol–water partition coefficient (Wildman–Crippen LogP) is 4.76. The standard InChI is InChI=1S/C25H26N4O2S/c1-3-29-22-7-5-4-6-18(22)16-23(29)24-26-21(17-32-24)25(30)28-14-12-27(13-15-28)19-8-10-20(31-2)11-9-19/h4-11,16-17H,3,12-15H2,1-2H3. The van der Waals surface area contributed by atoms with Crippen molar-refractivity contribution >= 4 is 33.8 Å². The van der Waals surface area contributed by atoms with E-state index in [4.69, 9.17) is 9.72 Å². The van der Waals surface area contributed by atoms with Gasteiger partial charge in [-0.15, -0.1) is 11.3 Å². The number of anilines is 1. The van der Waals surface area contributed by atoms with Crippen molar-refractivity contribution in [1.82, 2.24) is 14.5 Å². The van der Waals surface area contributed by atoms with Crippen LogP contribution in [0.3, 0.4) is 0 Å². The van der Waals surface area contributed by atoms with Crippen LogP contribution in [0, 0.1) is 0 Å². The van der Waals surface area contributed by atoms with Crippen LogP contribution >= 0.6 is 11.3 Å². The fraction of sp³-hybridized carbons (Fsp3) is 0.280. The molecular formula is C25H26N4O2S. The van der Waals surface area contributed by atoms with Gasteiger partial charge in [-0.3, -0.25) is 4.79 Å². The van der Waals surface area contributed by atoms with Gasteiger partial charge in [0, 0.05) is 54.7 Å². The molecule has 0 saturated carbocycles. The number of carbonyl (C=O) groups is 1. The molecule has 1 aliphatic heterocycles. The monoisotopic (exact) mass is 446 g/mol. The molecule has 0 atom stereocenters. The second kappa shape index (κ2) is 8.67. The van der Waals surface area contributed by atoms with Crippen molar-refractivity contribution < 1.29 is 9.53 Å². The van der Waals surface area contributed by atoms with E-state index < -0.39 is 0 Å². The maximum absolute atomic E-state index is 13.1. The van der Waals surface area contributed by atoms with Crippen molar-refractivity contribution in [1.29, 1.82) is 0 Å². The molecule has 0 aliphatic carbocycles. The molecule has 32 heavy (non-hydrogen) atoms. The Balaban J connectivity index is 1.29. The number of thiazole rings is 1. The zero-order valence-electron chi connectivity index (χ0n) is 18.3. The molecule has 164 valence electrons. The normalized spacial score (nSPS) is 14.2. The Morgan fingerprint density at radius 1 is 1.06 bits per heavy atom. The van der Waals surface area contributed by atoms with E-state index in [2.05, 4.69) is 58.9 Å². The number of rotatable bonds is 5. The van der Waals surface area contributed by atoms with Gasteiger partial charge in [-0.1, -0.05) is 18.2 Å². The Kier molecular flexibility index (Phi) is 5.57. The highest BCUT2D eigenvalue weighted by atomic mass is 32.1. The van der Waals surface area contributed by atoms with Gasteiger partial charge in [-0.05, 0) is 43.3 Å². The summed E-state index contributed by atoms with van der Waals surface area (Å²) in [5, 5.41) is 3.98. The van der Waals surface area contributed by atoms with Crippen LogP contribution in [0.4, 0.5) is 5.69 Å². The molecule has 2 aromatic carbocycles. The number of piperazine rings is 1. The van der Waals surface area contributed by atoms with Crippen LogP contribution in [0.5, 0.6) is 5.75 Å². The average molecular weight is 447 g/mol. The highest BCUT2D eigenvalue weighted by Gasteiger charge is 2.25. The van der Waals surface area contributed by atoms with E-state index in [1.54, 1.807) is 7.11 Å². The van der Waals surface area contributed by atoms with Crippen LogP contribution in [-0.4, -0.2) is 53.6 Å². The summed E-state index contributed by atoms with van der Waals surface area (Å²) in [6.07, 6.45) is 0. The number of benzene rings is 2. The number of ether oxygens (including phenoxy) is 1. The summed E-state index contributed by atoms with van der Waals surface area (Å²) in [7, 11) is 1.67. The van der Waals surface area contributed by atoms with Crippen molar-refractivity contribution in [3.05, 3.63) is 65.7 Å². The van der Waals surface area contributed by atoms with Gasteiger partial charge in [0.2, 0.25) is 0 Å². The second-order valence-electron chi connectivity index (χ2n) is 7.85. The maximum atomic E-state index is 13.1. The number of methoxy groups -OCH3 is 1. The lowest BCUT2D eigenvalue weighted by molar-refractivity contribution is 0.0742. The Labute approximate surface area is 191 Å². The molecule has 0 radical (unpaired) electrons. The Morgan fingerprint density at radius 3 is 2.53 bits per heavy atom. The van der Waals surface area contributed by atoms with Gasteiger partial charge in [0.25, 0.3) is 5.91 Å². The molecule has 0 N–H and O–H groups in total. The van der Waals surface area contributed by atoms with Crippen LogP contribution < -0.4 is 9.64 Å². The molecule has 4 aromatic rings. The fourth-order valence-corrected chi connectivity index (χ4v) is 5.16. The topological polar surface area (TPSA) is 50.6 Å². The minimum Gasteiger partial charge on any atom is -0.497 e. The largest absolute Gasteiger partial charge is 0.497 e. The third-order valence-electron chi connectivity index (χ3n) is 6.07. The molecule has 1 fully saturated rings. The van der Waals surface area contributed by atoms with Crippen molar-refractivity contribution in [3.63, 3.8) is 0 Å². The van der Waals surface area contributed by atoms with Crippen LogP contribution in [0.1, 0.15) is 17.4 Å². The van der Waals surface area contributed by atoms with Gasteiger partial charge in [0.1, 0.15) is 16.5 Å². The first-order valence-electron chi connectivity index (χ1n) is 10.9. The summed E-state index contributed by atoms with van der Waals surface area (Å²) >= 11 is 1.54. The summed E-state index contributed by atoms with van der Waals surface area (Å²) < 4.78 is 7.50. The second-order valence-corrected chi connectivity index (χ2v) is 8.71. The Hall–Kier alpha value is -3.32. The maximum Gasteiger partial charge on any atom is 0.273 e. The van der Waals surface area contributed by atoms with Gasteiger partial charge < -0.3 is 19.1 Å². The number of nitrogens with zero attached hydrogens (tertiary/aromatic N) is 4. The molecule has 0 spiro atoms. The molecular weight excluding hydrogens is 420 g/mol. The van der Waals surface area contributed by atoms with Crippen LogP contribution in [0.15, 0.2) is 60.0 Å². The first-order valence-corrected chi connectivity index (χ1v) is 11.8. The molecule has 0 unspecified atom stereocenters. The zero-order valence-corrected chi connectivity index (χ0v) is 19.1. The fourth-order valence-electron chi connectivity index (χ4n) is 4.34. The highest BCUT2D eigenvalue weighted by molar-refractivity contribution is 7.13. The van der Waals surface area contributed by atoms with Gasteiger partial charge in [0.15, 0.2) is 0 Å². The predicted molar refractivity (Wildman–Crippen MR) is 130 cm³/mol. The molecule has 0 bridgehead atoms. The van der Waals surface area contributed by atoms with Crippen LogP contribution in [0.25, 0.3) is 21.6 Å². The molecule has 1 amide bonds. The van der Waals surface area contributed by atoms with Crippen molar-refractivity contribution in [3.8, 4) is 16.5 Å². The van der Waals surface area contributed by atoms with Gasteiger partial charge >= 0.3 is 0 Å². The zero-order chi connectivity index (χ0) is 22.1. The lowest BCUT2D eigenvalue weighted by Crippen LogP contribution is -2.48. The highest BCUT2D eigenvalue weighted by Crippen LogP contribution is 2.31. The number of amides is 1.